The van der Waals surface area contributed by atoms with E-state index in [9.17, 15) is 4.79 Å². The molecule has 3 aromatic rings. The number of aromatic nitrogens is 2. The fourth-order valence-corrected chi connectivity index (χ4v) is 2.66. The third-order valence-electron chi connectivity index (χ3n) is 4.19. The highest BCUT2D eigenvalue weighted by atomic mass is 16.5. The molecule has 0 saturated carbocycles. The fraction of sp³-hybridized carbons (Fsp3) is 0.190. The van der Waals surface area contributed by atoms with Gasteiger partial charge in [-0.1, -0.05) is 30.3 Å². The van der Waals surface area contributed by atoms with E-state index >= 15 is 0 Å². The second kappa shape index (κ2) is 8.85. The van der Waals surface area contributed by atoms with E-state index in [2.05, 4.69) is 20.6 Å². The summed E-state index contributed by atoms with van der Waals surface area (Å²) in [4.78, 5) is 21.2. The summed E-state index contributed by atoms with van der Waals surface area (Å²) in [6.07, 6.45) is 1.55. The SMILES string of the molecule is COc1ccc(NC(=O)c2ccnc(NC(C)c3ccccc3)n2)c(OC)c1. The highest BCUT2D eigenvalue weighted by Gasteiger charge is 2.14. The summed E-state index contributed by atoms with van der Waals surface area (Å²) >= 11 is 0. The van der Waals surface area contributed by atoms with Gasteiger partial charge in [0.1, 0.15) is 17.2 Å². The Balaban J connectivity index is 1.74. The molecule has 0 bridgehead atoms. The topological polar surface area (TPSA) is 85.4 Å². The zero-order chi connectivity index (χ0) is 19.9. The van der Waals surface area contributed by atoms with E-state index in [1.807, 2.05) is 37.3 Å². The molecule has 28 heavy (non-hydrogen) atoms. The van der Waals surface area contributed by atoms with Crippen molar-refractivity contribution in [2.24, 2.45) is 0 Å². The number of hydrogen-bond acceptors (Lipinski definition) is 6. The number of amides is 1. The van der Waals surface area contributed by atoms with Crippen LogP contribution in [-0.2, 0) is 0 Å². The molecule has 7 nitrogen and oxygen atoms in total. The molecule has 0 fully saturated rings. The Kier molecular flexibility index (Phi) is 6.06. The van der Waals surface area contributed by atoms with Crippen molar-refractivity contribution in [3.63, 3.8) is 0 Å². The van der Waals surface area contributed by atoms with Crippen molar-refractivity contribution in [1.82, 2.24) is 9.97 Å². The normalized spacial score (nSPS) is 11.4. The van der Waals surface area contributed by atoms with Crippen molar-refractivity contribution in [2.75, 3.05) is 24.9 Å². The molecular formula is C21H22N4O3. The standard InChI is InChI=1S/C21H22N4O3/c1-14(15-7-5-4-6-8-15)23-21-22-12-11-18(25-21)20(26)24-17-10-9-16(27-2)13-19(17)28-3/h4-14H,1-3H3,(H,24,26)(H,22,23,25). The largest absolute Gasteiger partial charge is 0.497 e. The van der Waals surface area contributed by atoms with E-state index in [0.29, 0.717) is 23.1 Å². The number of nitrogens with one attached hydrogen (secondary N) is 2. The Morgan fingerprint density at radius 2 is 1.82 bits per heavy atom. The summed E-state index contributed by atoms with van der Waals surface area (Å²) in [5.74, 6) is 1.16. The Morgan fingerprint density at radius 1 is 1.04 bits per heavy atom. The Labute approximate surface area is 163 Å². The molecule has 1 atom stereocenters. The number of methoxy groups -OCH3 is 2. The van der Waals surface area contributed by atoms with Gasteiger partial charge in [-0.25, -0.2) is 9.97 Å². The lowest BCUT2D eigenvalue weighted by Gasteiger charge is -2.15. The lowest BCUT2D eigenvalue weighted by atomic mass is 10.1. The van der Waals surface area contributed by atoms with Gasteiger partial charge in [-0.15, -0.1) is 0 Å². The van der Waals surface area contributed by atoms with Gasteiger partial charge in [-0.3, -0.25) is 4.79 Å². The van der Waals surface area contributed by atoms with E-state index in [0.717, 1.165) is 5.56 Å². The molecule has 3 rings (SSSR count). The number of nitrogens with zero attached hydrogens (tertiary/aromatic N) is 2. The molecule has 1 unspecified atom stereocenters. The quantitative estimate of drug-likeness (QED) is 0.648. The molecule has 2 N–H and O–H groups in total. The molecule has 1 heterocycles. The number of rotatable bonds is 7. The molecule has 1 amide bonds. The lowest BCUT2D eigenvalue weighted by Crippen LogP contribution is -2.16. The van der Waals surface area contributed by atoms with E-state index in [1.165, 1.54) is 7.11 Å². The van der Waals surface area contributed by atoms with Crippen LogP contribution in [0.25, 0.3) is 0 Å². The van der Waals surface area contributed by atoms with Crippen LogP contribution in [0.15, 0.2) is 60.8 Å². The Bertz CT molecular complexity index is 947. The van der Waals surface area contributed by atoms with E-state index in [-0.39, 0.29) is 17.6 Å². The van der Waals surface area contributed by atoms with Crippen LogP contribution >= 0.6 is 0 Å². The number of anilines is 2. The monoisotopic (exact) mass is 378 g/mol. The molecule has 1 aromatic heterocycles. The maximum atomic E-state index is 12.6. The maximum absolute atomic E-state index is 12.6. The minimum Gasteiger partial charge on any atom is -0.497 e. The summed E-state index contributed by atoms with van der Waals surface area (Å²) in [6.45, 7) is 2.01. The Morgan fingerprint density at radius 3 is 2.54 bits per heavy atom. The lowest BCUT2D eigenvalue weighted by molar-refractivity contribution is 0.102. The smallest absolute Gasteiger partial charge is 0.274 e. The molecular weight excluding hydrogens is 356 g/mol. The molecule has 0 saturated heterocycles. The first-order chi connectivity index (χ1) is 13.6. The van der Waals surface area contributed by atoms with Gasteiger partial charge in [-0.05, 0) is 30.7 Å². The average Bonchev–Trinajstić information content (AvgIpc) is 2.74. The van der Waals surface area contributed by atoms with Crippen molar-refractivity contribution in [2.45, 2.75) is 13.0 Å². The van der Waals surface area contributed by atoms with E-state index < -0.39 is 0 Å². The van der Waals surface area contributed by atoms with Gasteiger partial charge in [-0.2, -0.15) is 0 Å². The van der Waals surface area contributed by atoms with Crippen molar-refractivity contribution in [3.8, 4) is 11.5 Å². The number of carbonyl (C=O) groups excluding carboxylic acids is 1. The number of benzene rings is 2. The summed E-state index contributed by atoms with van der Waals surface area (Å²) in [7, 11) is 3.10. The van der Waals surface area contributed by atoms with Crippen molar-refractivity contribution >= 4 is 17.5 Å². The van der Waals surface area contributed by atoms with Crippen LogP contribution < -0.4 is 20.1 Å². The second-order valence-electron chi connectivity index (χ2n) is 6.06. The van der Waals surface area contributed by atoms with Gasteiger partial charge >= 0.3 is 0 Å². The number of carbonyl (C=O) groups is 1. The molecule has 144 valence electrons. The third-order valence-corrected chi connectivity index (χ3v) is 4.19. The van der Waals surface area contributed by atoms with Crippen molar-refractivity contribution < 1.29 is 14.3 Å². The second-order valence-corrected chi connectivity index (χ2v) is 6.06. The molecule has 0 aliphatic rings. The summed E-state index contributed by atoms with van der Waals surface area (Å²) in [5, 5.41) is 6.02. The summed E-state index contributed by atoms with van der Waals surface area (Å²) < 4.78 is 10.5. The van der Waals surface area contributed by atoms with Gasteiger partial charge in [0.15, 0.2) is 0 Å². The fourth-order valence-electron chi connectivity index (χ4n) is 2.66. The van der Waals surface area contributed by atoms with Gasteiger partial charge < -0.3 is 20.1 Å². The van der Waals surface area contributed by atoms with Crippen LogP contribution in [-0.4, -0.2) is 30.1 Å². The van der Waals surface area contributed by atoms with Crippen LogP contribution in [0.4, 0.5) is 11.6 Å². The summed E-state index contributed by atoms with van der Waals surface area (Å²) in [5.41, 5.74) is 1.87. The highest BCUT2D eigenvalue weighted by Crippen LogP contribution is 2.29. The third kappa shape index (κ3) is 4.56. The number of hydrogen-bond donors (Lipinski definition) is 2. The highest BCUT2D eigenvalue weighted by molar-refractivity contribution is 6.03. The van der Waals surface area contributed by atoms with Gasteiger partial charge in [0.05, 0.1) is 25.9 Å². The van der Waals surface area contributed by atoms with Gasteiger partial charge in [0.25, 0.3) is 5.91 Å². The van der Waals surface area contributed by atoms with Crippen LogP contribution in [0, 0.1) is 0 Å². The molecule has 0 radical (unpaired) electrons. The first-order valence-corrected chi connectivity index (χ1v) is 8.78. The Hall–Kier alpha value is -3.61. The van der Waals surface area contributed by atoms with Gasteiger partial charge in [0.2, 0.25) is 5.95 Å². The van der Waals surface area contributed by atoms with Crippen LogP contribution in [0.5, 0.6) is 11.5 Å². The molecule has 2 aromatic carbocycles. The molecule has 0 aliphatic carbocycles. The molecule has 7 heteroatoms. The van der Waals surface area contributed by atoms with E-state index in [4.69, 9.17) is 9.47 Å². The first-order valence-electron chi connectivity index (χ1n) is 8.78. The van der Waals surface area contributed by atoms with Crippen LogP contribution in [0.3, 0.4) is 0 Å². The van der Waals surface area contributed by atoms with Crippen LogP contribution in [0.1, 0.15) is 29.0 Å². The zero-order valence-corrected chi connectivity index (χ0v) is 16.0. The van der Waals surface area contributed by atoms with Crippen LogP contribution in [0.2, 0.25) is 0 Å². The predicted octanol–water partition coefficient (Wildman–Crippen LogP) is 3.92. The van der Waals surface area contributed by atoms with E-state index in [1.54, 1.807) is 37.6 Å². The predicted molar refractivity (Wildman–Crippen MR) is 108 cm³/mol. The summed E-state index contributed by atoms with van der Waals surface area (Å²) in [6, 6.07) is 16.7. The van der Waals surface area contributed by atoms with Crippen molar-refractivity contribution in [1.29, 1.82) is 0 Å². The molecule has 0 aliphatic heterocycles. The number of ether oxygens (including phenoxy) is 2. The first kappa shape index (κ1) is 19.2. The minimum absolute atomic E-state index is 0.00111. The molecule has 0 spiro atoms. The average molecular weight is 378 g/mol. The minimum atomic E-state index is -0.360. The maximum Gasteiger partial charge on any atom is 0.274 e. The van der Waals surface area contributed by atoms with Crippen molar-refractivity contribution in [3.05, 3.63) is 72.1 Å². The van der Waals surface area contributed by atoms with Gasteiger partial charge in [0, 0.05) is 12.3 Å². The zero-order valence-electron chi connectivity index (χ0n) is 16.0.